The van der Waals surface area contributed by atoms with Crippen molar-refractivity contribution in [3.63, 3.8) is 0 Å². The second kappa shape index (κ2) is 16.1. The Hall–Kier alpha value is -6.16. The molecule has 0 unspecified atom stereocenters. The van der Waals surface area contributed by atoms with Gasteiger partial charge in [-0.05, 0) is 117 Å². The van der Waals surface area contributed by atoms with Gasteiger partial charge < -0.3 is 14.6 Å². The van der Waals surface area contributed by atoms with Crippen LogP contribution >= 0.6 is 10.7 Å². The van der Waals surface area contributed by atoms with Gasteiger partial charge in [0.1, 0.15) is 0 Å². The molecule has 13 nitrogen and oxygen atoms in total. The molecule has 3 N–H and O–H groups in total. The molecule has 8 aromatic rings. The molecule has 0 fully saturated rings. The highest BCUT2D eigenvalue weighted by Crippen LogP contribution is 2.31. The minimum absolute atomic E-state index is 0.168. The smallest absolute Gasteiger partial charge is 0.261 e. The summed E-state index contributed by atoms with van der Waals surface area (Å²) in [4.78, 5) is 21.3. The largest absolute Gasteiger partial charge is 0.434 e. The van der Waals surface area contributed by atoms with Gasteiger partial charge >= 0.3 is 0 Å². The molecule has 55 heavy (non-hydrogen) atoms. The molecular weight excluding hydrogens is 762 g/mol. The van der Waals surface area contributed by atoms with Gasteiger partial charge in [0, 0.05) is 35.0 Å². The third-order valence-corrected chi connectivity index (χ3v) is 10.5. The second-order valence-electron chi connectivity index (χ2n) is 12.4. The molecule has 5 aromatic heterocycles. The maximum absolute atomic E-state index is 12.9. The Balaban J connectivity index is 0.000000155. The topological polar surface area (TPSA) is 197 Å². The van der Waals surface area contributed by atoms with Crippen molar-refractivity contribution in [3.8, 4) is 22.9 Å². The molecule has 0 amide bonds. The summed E-state index contributed by atoms with van der Waals surface area (Å²) in [6, 6.07) is 26.4. The van der Waals surface area contributed by atoms with E-state index in [0.29, 0.717) is 39.6 Å². The Kier molecular flexibility index (Phi) is 11.3. The zero-order valence-corrected chi connectivity index (χ0v) is 32.3. The molecule has 0 saturated heterocycles. The van der Waals surface area contributed by atoms with Crippen molar-refractivity contribution >= 4 is 63.6 Å². The maximum atomic E-state index is 12.9. The highest BCUT2D eigenvalue weighted by atomic mass is 35.7. The third-order valence-electron chi connectivity index (χ3n) is 7.80. The Labute approximate surface area is 321 Å². The first-order valence-electron chi connectivity index (χ1n) is 16.5. The van der Waals surface area contributed by atoms with Crippen LogP contribution in [0.4, 0.5) is 11.4 Å². The van der Waals surface area contributed by atoms with E-state index in [2.05, 4.69) is 29.6 Å². The van der Waals surface area contributed by atoms with Crippen molar-refractivity contribution in [3.05, 3.63) is 138 Å². The molecule has 0 aliphatic rings. The van der Waals surface area contributed by atoms with E-state index in [0.717, 1.165) is 27.8 Å². The third kappa shape index (κ3) is 9.51. The van der Waals surface area contributed by atoms with E-state index in [9.17, 15) is 16.8 Å². The van der Waals surface area contributed by atoms with Crippen LogP contribution in [-0.4, -0.2) is 41.8 Å². The predicted molar refractivity (Wildman–Crippen MR) is 212 cm³/mol. The van der Waals surface area contributed by atoms with Gasteiger partial charge in [0.2, 0.25) is 11.8 Å². The normalized spacial score (nSPS) is 11.4. The number of aryl methyl sites for hydroxylation is 4. The molecule has 0 aliphatic heterocycles. The Morgan fingerprint density at radius 2 is 1.13 bits per heavy atom. The van der Waals surface area contributed by atoms with E-state index in [-0.39, 0.29) is 21.4 Å². The molecule has 16 heteroatoms. The van der Waals surface area contributed by atoms with Crippen molar-refractivity contribution < 1.29 is 25.7 Å². The van der Waals surface area contributed by atoms with Gasteiger partial charge in [0.05, 0.1) is 32.8 Å². The van der Waals surface area contributed by atoms with Crippen LogP contribution in [0.1, 0.15) is 22.3 Å². The summed E-state index contributed by atoms with van der Waals surface area (Å²) in [6.07, 6.45) is 6.28. The first-order valence-corrected chi connectivity index (χ1v) is 20.3. The number of fused-ring (bicyclic) bond motifs is 2. The van der Waals surface area contributed by atoms with Gasteiger partial charge in [-0.2, -0.15) is 9.97 Å². The van der Waals surface area contributed by atoms with Crippen LogP contribution in [0.2, 0.25) is 0 Å². The number of aromatic nitrogens is 5. The maximum Gasteiger partial charge on any atom is 0.261 e. The molecule has 280 valence electrons. The molecule has 0 aliphatic carbocycles. The van der Waals surface area contributed by atoms with Crippen LogP contribution in [0.3, 0.4) is 0 Å². The number of para-hydroxylation sites is 1. The number of benzene rings is 3. The Bertz CT molecular complexity index is 2770. The van der Waals surface area contributed by atoms with Crippen LogP contribution in [0.15, 0.2) is 134 Å². The number of pyridine rings is 3. The first kappa shape index (κ1) is 38.6. The minimum Gasteiger partial charge on any atom is -0.434 e. The van der Waals surface area contributed by atoms with E-state index in [1.165, 1.54) is 6.20 Å². The number of anilines is 2. The SMILES string of the molecule is Cc1cc(C)cc(S(=O)(=O)Cl)c1.Cc1cc(C)cc(S(=O)(=O)Nc2cnccc2-c2nc3ncccc3o2)c1.Nc1ccccc1-c1nc2ncccc2o1. The highest BCUT2D eigenvalue weighted by molar-refractivity contribution is 8.13. The number of oxazole rings is 2. The molecule has 0 spiro atoms. The van der Waals surface area contributed by atoms with Crippen molar-refractivity contribution in [1.29, 1.82) is 0 Å². The lowest BCUT2D eigenvalue weighted by Gasteiger charge is -2.11. The molecule has 5 heterocycles. The zero-order chi connectivity index (χ0) is 39.3. The van der Waals surface area contributed by atoms with Crippen LogP contribution in [0.25, 0.3) is 45.4 Å². The monoisotopic (exact) mass is 795 g/mol. The Morgan fingerprint density at radius 1 is 0.618 bits per heavy atom. The number of halogens is 1. The van der Waals surface area contributed by atoms with E-state index in [4.69, 9.17) is 25.3 Å². The van der Waals surface area contributed by atoms with Gasteiger partial charge in [-0.25, -0.2) is 26.8 Å². The number of rotatable bonds is 6. The molecule has 3 aromatic carbocycles. The van der Waals surface area contributed by atoms with Crippen LogP contribution in [-0.2, 0) is 19.1 Å². The number of nitrogen functional groups attached to an aromatic ring is 1. The predicted octanol–water partition coefficient (Wildman–Crippen LogP) is 8.41. The summed E-state index contributed by atoms with van der Waals surface area (Å²) >= 11 is 0. The standard InChI is InChI=1S/C19H16N4O3S.C12H9N3O.C8H9ClO2S/c1-12-8-13(2)10-14(9-12)27(24,25)23-16-11-20-7-5-15(16)19-22-18-17(26-19)4-3-6-21-18;13-9-5-2-1-4-8(9)12-15-11-10(16-12)6-3-7-14-11;1-6-3-7(2)5-8(4-6)12(9,10)11/h3-11,23H,1-2H3;1-7H,13H2;3-5H,1-2H3. The van der Waals surface area contributed by atoms with Crippen molar-refractivity contribution in [1.82, 2.24) is 24.9 Å². The van der Waals surface area contributed by atoms with Crippen LogP contribution < -0.4 is 10.5 Å². The van der Waals surface area contributed by atoms with Crippen LogP contribution in [0, 0.1) is 27.7 Å². The number of hydrogen-bond donors (Lipinski definition) is 2. The summed E-state index contributed by atoms with van der Waals surface area (Å²) in [5.41, 5.74) is 13.8. The average molecular weight is 796 g/mol. The lowest BCUT2D eigenvalue weighted by molar-refractivity contribution is 0.600. The van der Waals surface area contributed by atoms with Gasteiger partial charge in [-0.15, -0.1) is 0 Å². The number of nitrogens with one attached hydrogen (secondary N) is 1. The minimum atomic E-state index is -3.79. The van der Waals surface area contributed by atoms with Gasteiger partial charge in [-0.1, -0.05) is 24.3 Å². The number of nitrogens with zero attached hydrogens (tertiary/aromatic N) is 5. The fraction of sp³-hybridized carbons (Fsp3) is 0.103. The fourth-order valence-electron chi connectivity index (χ4n) is 5.49. The molecule has 0 atom stereocenters. The summed E-state index contributed by atoms with van der Waals surface area (Å²) < 4.78 is 61.4. The van der Waals surface area contributed by atoms with Crippen LogP contribution in [0.5, 0.6) is 0 Å². The molecule has 0 bridgehead atoms. The highest BCUT2D eigenvalue weighted by Gasteiger charge is 2.20. The average Bonchev–Trinajstić information content (AvgIpc) is 3.76. The van der Waals surface area contributed by atoms with Crippen molar-refractivity contribution in [2.75, 3.05) is 10.5 Å². The quantitative estimate of drug-likeness (QED) is 0.121. The first-order chi connectivity index (χ1) is 26.2. The van der Waals surface area contributed by atoms with E-state index < -0.39 is 19.1 Å². The lowest BCUT2D eigenvalue weighted by atomic mass is 10.2. The fourth-order valence-corrected chi connectivity index (χ4v) is 7.66. The van der Waals surface area contributed by atoms with Gasteiger partial charge in [-0.3, -0.25) is 9.71 Å². The second-order valence-corrected chi connectivity index (χ2v) is 16.6. The summed E-state index contributed by atoms with van der Waals surface area (Å²) in [7, 11) is -2.19. The van der Waals surface area contributed by atoms with E-state index >= 15 is 0 Å². The Morgan fingerprint density at radius 3 is 1.64 bits per heavy atom. The van der Waals surface area contributed by atoms with Gasteiger partial charge in [0.25, 0.3) is 19.1 Å². The molecule has 0 saturated carbocycles. The number of sulfonamides is 1. The summed E-state index contributed by atoms with van der Waals surface area (Å²) in [5.74, 6) is 0.774. The van der Waals surface area contributed by atoms with E-state index in [1.54, 1.807) is 61.1 Å². The van der Waals surface area contributed by atoms with E-state index in [1.807, 2.05) is 76.2 Å². The molecule has 8 rings (SSSR count). The molecule has 0 radical (unpaired) electrons. The molecular formula is C39H34ClN7O6S2. The summed E-state index contributed by atoms with van der Waals surface area (Å²) in [6.45, 7) is 7.37. The van der Waals surface area contributed by atoms with Crippen molar-refractivity contribution in [2.24, 2.45) is 0 Å². The number of hydrogen-bond acceptors (Lipinski definition) is 12. The number of nitrogens with two attached hydrogens (primary N) is 1. The van der Waals surface area contributed by atoms with Crippen molar-refractivity contribution in [2.45, 2.75) is 37.5 Å². The van der Waals surface area contributed by atoms with Gasteiger partial charge in [0.15, 0.2) is 22.5 Å². The lowest BCUT2D eigenvalue weighted by Crippen LogP contribution is -2.14. The zero-order valence-electron chi connectivity index (χ0n) is 29.9. The summed E-state index contributed by atoms with van der Waals surface area (Å²) in [5, 5.41) is 0.